The van der Waals surface area contributed by atoms with Gasteiger partial charge in [0.25, 0.3) is 0 Å². The Hall–Kier alpha value is -0.530. The highest BCUT2D eigenvalue weighted by atomic mass is 16.1. The summed E-state index contributed by atoms with van der Waals surface area (Å²) in [6.45, 7) is 0.940. The van der Waals surface area contributed by atoms with Gasteiger partial charge in [-0.05, 0) is 25.2 Å². The average molecular weight is 125 g/mol. The average Bonchev–Trinajstić information content (AvgIpc) is 2.25. The van der Waals surface area contributed by atoms with Gasteiger partial charge in [0.05, 0.1) is 0 Å². The number of hydrogen-bond donors (Lipinski definition) is 1. The van der Waals surface area contributed by atoms with Crippen molar-refractivity contribution >= 4 is 5.91 Å². The zero-order valence-corrected chi connectivity index (χ0v) is 5.39. The van der Waals surface area contributed by atoms with Crippen LogP contribution in [0.4, 0.5) is 0 Å². The second-order valence-corrected chi connectivity index (χ2v) is 3.12. The van der Waals surface area contributed by atoms with Crippen molar-refractivity contribution in [2.45, 2.75) is 19.3 Å². The van der Waals surface area contributed by atoms with Gasteiger partial charge >= 0.3 is 0 Å². The first-order chi connectivity index (χ1) is 4.36. The van der Waals surface area contributed by atoms with Crippen LogP contribution >= 0.6 is 0 Å². The van der Waals surface area contributed by atoms with Crippen molar-refractivity contribution in [1.29, 1.82) is 0 Å². The molecule has 1 heterocycles. The van der Waals surface area contributed by atoms with Gasteiger partial charge in [-0.1, -0.05) is 0 Å². The van der Waals surface area contributed by atoms with E-state index in [0.29, 0.717) is 11.8 Å². The molecule has 1 aliphatic heterocycles. The maximum Gasteiger partial charge on any atom is 0.223 e. The highest BCUT2D eigenvalue weighted by Gasteiger charge is 2.33. The van der Waals surface area contributed by atoms with Crippen molar-refractivity contribution in [3.63, 3.8) is 0 Å². The van der Waals surface area contributed by atoms with Crippen molar-refractivity contribution in [1.82, 2.24) is 5.32 Å². The number of rotatable bonds is 0. The summed E-state index contributed by atoms with van der Waals surface area (Å²) in [6.07, 6.45) is 3.56. The Morgan fingerprint density at radius 3 is 3.11 bits per heavy atom. The van der Waals surface area contributed by atoms with E-state index in [9.17, 15) is 4.79 Å². The van der Waals surface area contributed by atoms with Gasteiger partial charge in [-0.2, -0.15) is 0 Å². The zero-order valence-electron chi connectivity index (χ0n) is 5.39. The third kappa shape index (κ3) is 0.732. The van der Waals surface area contributed by atoms with E-state index in [0.717, 1.165) is 25.3 Å². The molecular formula is C7H11NO. The molecule has 0 aromatic carbocycles. The molecule has 2 rings (SSSR count). The van der Waals surface area contributed by atoms with Crippen LogP contribution in [0.3, 0.4) is 0 Å². The van der Waals surface area contributed by atoms with Crippen LogP contribution in [0.25, 0.3) is 0 Å². The first-order valence-corrected chi connectivity index (χ1v) is 3.64. The molecule has 0 radical (unpaired) electrons. The van der Waals surface area contributed by atoms with Crippen LogP contribution < -0.4 is 5.32 Å². The van der Waals surface area contributed by atoms with Gasteiger partial charge < -0.3 is 5.32 Å². The Kier molecular flexibility index (Phi) is 1.01. The van der Waals surface area contributed by atoms with Crippen LogP contribution in [0.15, 0.2) is 0 Å². The summed E-state index contributed by atoms with van der Waals surface area (Å²) in [5.41, 5.74) is 0. The summed E-state index contributed by atoms with van der Waals surface area (Å²) in [7, 11) is 0. The summed E-state index contributed by atoms with van der Waals surface area (Å²) in [6, 6.07) is 0. The van der Waals surface area contributed by atoms with Crippen molar-refractivity contribution in [3.05, 3.63) is 0 Å². The SMILES string of the molecule is O=C1NC[C@H]2CC[C@@H]1C2. The van der Waals surface area contributed by atoms with E-state index in [1.807, 2.05) is 0 Å². The Bertz CT molecular complexity index is 144. The highest BCUT2D eigenvalue weighted by Crippen LogP contribution is 2.33. The summed E-state index contributed by atoms with van der Waals surface area (Å²) in [5.74, 6) is 1.49. The molecule has 0 unspecified atom stereocenters. The predicted octanol–water partition coefficient (Wildman–Crippen LogP) is 0.532. The number of hydrogen-bond acceptors (Lipinski definition) is 1. The van der Waals surface area contributed by atoms with E-state index in [4.69, 9.17) is 0 Å². The molecule has 0 aromatic heterocycles. The molecule has 1 aliphatic carbocycles. The molecule has 1 saturated carbocycles. The molecule has 1 saturated heterocycles. The third-order valence-electron chi connectivity index (χ3n) is 2.48. The number of piperidine rings is 1. The predicted molar refractivity (Wildman–Crippen MR) is 33.8 cm³/mol. The second kappa shape index (κ2) is 1.72. The lowest BCUT2D eigenvalue weighted by molar-refractivity contribution is -0.126. The Labute approximate surface area is 54.6 Å². The number of fused-ring (bicyclic) bond motifs is 2. The summed E-state index contributed by atoms with van der Waals surface area (Å²) in [5, 5.41) is 2.91. The van der Waals surface area contributed by atoms with E-state index >= 15 is 0 Å². The monoisotopic (exact) mass is 125 g/mol. The summed E-state index contributed by atoms with van der Waals surface area (Å²) >= 11 is 0. The second-order valence-electron chi connectivity index (χ2n) is 3.12. The highest BCUT2D eigenvalue weighted by molar-refractivity contribution is 5.79. The van der Waals surface area contributed by atoms with Gasteiger partial charge in [0, 0.05) is 12.5 Å². The van der Waals surface area contributed by atoms with Crippen molar-refractivity contribution in [2.24, 2.45) is 11.8 Å². The quantitative estimate of drug-likeness (QED) is 0.502. The number of carbonyl (C=O) groups excluding carboxylic acids is 1. The molecule has 0 aromatic rings. The first-order valence-electron chi connectivity index (χ1n) is 3.64. The Morgan fingerprint density at radius 2 is 2.33 bits per heavy atom. The van der Waals surface area contributed by atoms with Gasteiger partial charge in [-0.3, -0.25) is 4.79 Å². The molecule has 50 valence electrons. The normalized spacial score (nSPS) is 40.7. The molecule has 9 heavy (non-hydrogen) atoms. The van der Waals surface area contributed by atoms with Crippen molar-refractivity contribution in [3.8, 4) is 0 Å². The van der Waals surface area contributed by atoms with Crippen LogP contribution in [-0.4, -0.2) is 12.5 Å². The van der Waals surface area contributed by atoms with Gasteiger partial charge in [0.2, 0.25) is 5.91 Å². The lowest BCUT2D eigenvalue weighted by Gasteiger charge is -2.18. The lowest BCUT2D eigenvalue weighted by Crippen LogP contribution is -2.36. The van der Waals surface area contributed by atoms with Crippen LogP contribution in [-0.2, 0) is 4.79 Å². The molecule has 1 amide bonds. The fraction of sp³-hybridized carbons (Fsp3) is 0.857. The molecular weight excluding hydrogens is 114 g/mol. The smallest absolute Gasteiger partial charge is 0.223 e. The minimum absolute atomic E-state index is 0.295. The molecule has 2 heteroatoms. The standard InChI is InChI=1S/C7H11NO/c9-7-6-2-1-5(3-6)4-8-7/h5-6H,1-4H2,(H,8,9)/t5-,6+/m0/s1. The number of nitrogens with one attached hydrogen (secondary N) is 1. The molecule has 1 N–H and O–H groups in total. The minimum Gasteiger partial charge on any atom is -0.356 e. The lowest BCUT2D eigenvalue weighted by atomic mass is 10.0. The fourth-order valence-corrected chi connectivity index (χ4v) is 1.89. The summed E-state index contributed by atoms with van der Waals surface area (Å²) < 4.78 is 0. The van der Waals surface area contributed by atoms with Gasteiger partial charge in [0.15, 0.2) is 0 Å². The van der Waals surface area contributed by atoms with Crippen LogP contribution in [0.5, 0.6) is 0 Å². The minimum atomic E-state index is 0.295. The van der Waals surface area contributed by atoms with Crippen LogP contribution in [0, 0.1) is 11.8 Å². The summed E-state index contributed by atoms with van der Waals surface area (Å²) in [4.78, 5) is 10.9. The molecule has 2 aliphatic rings. The largest absolute Gasteiger partial charge is 0.356 e. The molecule has 2 nitrogen and oxygen atoms in total. The zero-order chi connectivity index (χ0) is 6.27. The molecule has 2 atom stereocenters. The number of amides is 1. The van der Waals surface area contributed by atoms with Crippen molar-refractivity contribution < 1.29 is 4.79 Å². The van der Waals surface area contributed by atoms with E-state index < -0.39 is 0 Å². The van der Waals surface area contributed by atoms with E-state index in [-0.39, 0.29) is 0 Å². The Morgan fingerprint density at radius 1 is 1.44 bits per heavy atom. The molecule has 2 fully saturated rings. The topological polar surface area (TPSA) is 29.1 Å². The van der Waals surface area contributed by atoms with Crippen LogP contribution in [0.2, 0.25) is 0 Å². The molecule has 0 spiro atoms. The van der Waals surface area contributed by atoms with E-state index in [1.54, 1.807) is 0 Å². The fourth-order valence-electron chi connectivity index (χ4n) is 1.89. The van der Waals surface area contributed by atoms with Gasteiger partial charge in [0.1, 0.15) is 0 Å². The van der Waals surface area contributed by atoms with E-state index in [2.05, 4.69) is 5.32 Å². The maximum absolute atomic E-state index is 10.9. The maximum atomic E-state index is 10.9. The van der Waals surface area contributed by atoms with E-state index in [1.165, 1.54) is 6.42 Å². The van der Waals surface area contributed by atoms with Gasteiger partial charge in [-0.15, -0.1) is 0 Å². The third-order valence-corrected chi connectivity index (χ3v) is 2.48. The first kappa shape index (κ1) is 5.27. The van der Waals surface area contributed by atoms with Crippen LogP contribution in [0.1, 0.15) is 19.3 Å². The number of carbonyl (C=O) groups is 1. The Balaban J connectivity index is 2.14. The molecule has 2 bridgehead atoms. The van der Waals surface area contributed by atoms with Gasteiger partial charge in [-0.25, -0.2) is 0 Å². The van der Waals surface area contributed by atoms with Crippen molar-refractivity contribution in [2.75, 3.05) is 6.54 Å².